The average molecular weight is 444 g/mol. The Morgan fingerprint density at radius 3 is 1.97 bits per heavy atom. The number of anilines is 1. The lowest BCUT2D eigenvalue weighted by Crippen LogP contribution is -2.39. The number of nitrogens with one attached hydrogen (secondary N) is 2. The van der Waals surface area contributed by atoms with Crippen molar-refractivity contribution in [1.82, 2.24) is 10.2 Å². The Kier molecular flexibility index (Phi) is 8.01. The molecule has 1 atom stereocenters. The molecule has 0 aliphatic rings. The molecule has 1 unspecified atom stereocenters. The first kappa shape index (κ1) is 24.2. The summed E-state index contributed by atoms with van der Waals surface area (Å²) in [5.74, 6) is -0.252. The molecule has 5 nitrogen and oxygen atoms in total. The van der Waals surface area contributed by atoms with E-state index in [0.29, 0.717) is 0 Å². The Bertz CT molecular complexity index is 1080. The molecule has 0 aliphatic heterocycles. The lowest BCUT2D eigenvalue weighted by atomic mass is 10.0. The third-order valence-electron chi connectivity index (χ3n) is 5.66. The maximum Gasteiger partial charge on any atom is 0.238 e. The minimum Gasteiger partial charge on any atom is -0.348 e. The van der Waals surface area contributed by atoms with Gasteiger partial charge >= 0.3 is 0 Å². The Morgan fingerprint density at radius 1 is 0.818 bits per heavy atom. The number of rotatable bonds is 8. The fraction of sp³-hybridized carbons (Fsp3) is 0.286. The Hall–Kier alpha value is -3.44. The SMILES string of the molecule is Cc1cc(C)c(NC(=O)CN(C)CC(=O)NC(C)c2ccc(-c3ccccc3)cc2)c(C)c1. The highest BCUT2D eigenvalue weighted by Crippen LogP contribution is 2.23. The molecular formula is C28H33N3O2. The highest BCUT2D eigenvalue weighted by atomic mass is 16.2. The summed E-state index contributed by atoms with van der Waals surface area (Å²) >= 11 is 0. The van der Waals surface area contributed by atoms with E-state index in [-0.39, 0.29) is 30.9 Å². The second-order valence-corrected chi connectivity index (χ2v) is 8.77. The lowest BCUT2D eigenvalue weighted by Gasteiger charge is -2.20. The van der Waals surface area contributed by atoms with Gasteiger partial charge in [-0.25, -0.2) is 0 Å². The second kappa shape index (κ2) is 10.9. The van der Waals surface area contributed by atoms with Crippen LogP contribution >= 0.6 is 0 Å². The van der Waals surface area contributed by atoms with Crippen LogP contribution in [0.25, 0.3) is 11.1 Å². The quantitative estimate of drug-likeness (QED) is 0.514. The van der Waals surface area contributed by atoms with Gasteiger partial charge in [0.25, 0.3) is 0 Å². The first-order valence-corrected chi connectivity index (χ1v) is 11.2. The van der Waals surface area contributed by atoms with Gasteiger partial charge in [0, 0.05) is 5.69 Å². The summed E-state index contributed by atoms with van der Waals surface area (Å²) < 4.78 is 0. The molecule has 2 amide bonds. The van der Waals surface area contributed by atoms with Gasteiger partial charge in [-0.1, -0.05) is 72.3 Å². The van der Waals surface area contributed by atoms with Crippen molar-refractivity contribution in [3.63, 3.8) is 0 Å². The van der Waals surface area contributed by atoms with Crippen molar-refractivity contribution in [2.45, 2.75) is 33.7 Å². The monoisotopic (exact) mass is 443 g/mol. The molecule has 2 N–H and O–H groups in total. The standard InChI is InChI=1S/C28H33N3O2/c1-19-15-20(2)28(21(3)16-19)30-27(33)18-31(5)17-26(32)29-22(4)23-11-13-25(14-12-23)24-9-7-6-8-10-24/h6-16,22H,17-18H2,1-5H3,(H,29,32)(H,30,33). The van der Waals surface area contributed by atoms with Crippen molar-refractivity contribution in [3.8, 4) is 11.1 Å². The van der Waals surface area contributed by atoms with Crippen LogP contribution in [0.2, 0.25) is 0 Å². The van der Waals surface area contributed by atoms with Gasteiger partial charge in [0.05, 0.1) is 19.1 Å². The second-order valence-electron chi connectivity index (χ2n) is 8.77. The van der Waals surface area contributed by atoms with Crippen molar-refractivity contribution in [2.75, 3.05) is 25.5 Å². The maximum absolute atomic E-state index is 12.5. The van der Waals surface area contributed by atoms with Crippen LogP contribution in [0.5, 0.6) is 0 Å². The van der Waals surface area contributed by atoms with Gasteiger partial charge in [0.1, 0.15) is 0 Å². The van der Waals surface area contributed by atoms with E-state index in [4.69, 9.17) is 0 Å². The van der Waals surface area contributed by atoms with Crippen LogP contribution in [0.1, 0.15) is 35.2 Å². The molecule has 0 heterocycles. The topological polar surface area (TPSA) is 61.4 Å². The van der Waals surface area contributed by atoms with Crippen molar-refractivity contribution in [1.29, 1.82) is 0 Å². The molecule has 3 aromatic rings. The number of nitrogens with zero attached hydrogens (tertiary/aromatic N) is 1. The van der Waals surface area contributed by atoms with Crippen LogP contribution in [-0.4, -0.2) is 36.9 Å². The molecule has 3 aromatic carbocycles. The molecule has 33 heavy (non-hydrogen) atoms. The number of carbonyl (C=O) groups is 2. The Labute approximate surface area is 196 Å². The number of benzene rings is 3. The van der Waals surface area contributed by atoms with Gasteiger partial charge in [-0.3, -0.25) is 14.5 Å². The molecule has 5 heteroatoms. The highest BCUT2D eigenvalue weighted by molar-refractivity contribution is 5.94. The summed E-state index contributed by atoms with van der Waals surface area (Å²) in [6, 6.07) is 22.4. The lowest BCUT2D eigenvalue weighted by molar-refractivity contribution is -0.123. The normalized spacial score (nSPS) is 11.8. The van der Waals surface area contributed by atoms with Crippen LogP contribution in [0, 0.1) is 20.8 Å². The summed E-state index contributed by atoms with van der Waals surface area (Å²) in [6.07, 6.45) is 0. The van der Waals surface area contributed by atoms with Crippen LogP contribution in [0.4, 0.5) is 5.69 Å². The third kappa shape index (κ3) is 6.77. The zero-order chi connectivity index (χ0) is 24.0. The predicted molar refractivity (Wildman–Crippen MR) is 135 cm³/mol. The van der Waals surface area contributed by atoms with E-state index in [1.807, 2.05) is 70.2 Å². The molecule has 0 saturated carbocycles. The molecular weight excluding hydrogens is 410 g/mol. The molecule has 172 valence electrons. The van der Waals surface area contributed by atoms with Gasteiger partial charge in [0.15, 0.2) is 0 Å². The van der Waals surface area contributed by atoms with Gasteiger partial charge < -0.3 is 10.6 Å². The number of hydrogen-bond acceptors (Lipinski definition) is 3. The third-order valence-corrected chi connectivity index (χ3v) is 5.66. The van der Waals surface area contributed by atoms with Crippen LogP contribution in [0.15, 0.2) is 66.7 Å². The molecule has 3 rings (SSSR count). The van der Waals surface area contributed by atoms with Crippen molar-refractivity contribution >= 4 is 17.5 Å². The molecule has 0 radical (unpaired) electrons. The molecule has 0 bridgehead atoms. The molecule has 0 saturated heterocycles. The molecule has 0 aliphatic carbocycles. The largest absolute Gasteiger partial charge is 0.348 e. The summed E-state index contributed by atoms with van der Waals surface area (Å²) in [5, 5.41) is 6.00. The summed E-state index contributed by atoms with van der Waals surface area (Å²) in [5.41, 5.74) is 7.42. The van der Waals surface area contributed by atoms with E-state index < -0.39 is 0 Å². The maximum atomic E-state index is 12.5. The summed E-state index contributed by atoms with van der Waals surface area (Å²) in [4.78, 5) is 26.7. The Morgan fingerprint density at radius 2 is 1.36 bits per heavy atom. The number of likely N-dealkylation sites (N-methyl/N-ethyl adjacent to an activating group) is 1. The number of amides is 2. The minimum atomic E-state index is -0.134. The van der Waals surface area contributed by atoms with E-state index in [0.717, 1.165) is 33.5 Å². The zero-order valence-electron chi connectivity index (χ0n) is 20.1. The predicted octanol–water partition coefficient (Wildman–Crippen LogP) is 5.03. The zero-order valence-corrected chi connectivity index (χ0v) is 20.1. The van der Waals surface area contributed by atoms with Crippen molar-refractivity contribution in [2.24, 2.45) is 0 Å². The first-order chi connectivity index (χ1) is 15.7. The van der Waals surface area contributed by atoms with E-state index in [1.54, 1.807) is 11.9 Å². The molecule has 0 spiro atoms. The Balaban J connectivity index is 1.50. The van der Waals surface area contributed by atoms with Crippen molar-refractivity contribution < 1.29 is 9.59 Å². The smallest absolute Gasteiger partial charge is 0.238 e. The van der Waals surface area contributed by atoms with Gasteiger partial charge in [-0.15, -0.1) is 0 Å². The van der Waals surface area contributed by atoms with Crippen LogP contribution in [-0.2, 0) is 9.59 Å². The summed E-state index contributed by atoms with van der Waals surface area (Å²) in [7, 11) is 1.77. The molecule has 0 fully saturated rings. The van der Waals surface area contributed by atoms with E-state index in [1.165, 1.54) is 5.56 Å². The molecule has 0 aromatic heterocycles. The van der Waals surface area contributed by atoms with Crippen LogP contribution < -0.4 is 10.6 Å². The van der Waals surface area contributed by atoms with Gasteiger partial charge in [-0.2, -0.15) is 0 Å². The van der Waals surface area contributed by atoms with Gasteiger partial charge in [-0.05, 0) is 62.6 Å². The highest BCUT2D eigenvalue weighted by Gasteiger charge is 2.15. The van der Waals surface area contributed by atoms with E-state index in [2.05, 4.69) is 34.9 Å². The van der Waals surface area contributed by atoms with Gasteiger partial charge in [0.2, 0.25) is 11.8 Å². The fourth-order valence-corrected chi connectivity index (χ4v) is 4.07. The van der Waals surface area contributed by atoms with E-state index >= 15 is 0 Å². The minimum absolute atomic E-state index is 0.118. The summed E-state index contributed by atoms with van der Waals surface area (Å²) in [6.45, 7) is 8.26. The average Bonchev–Trinajstić information content (AvgIpc) is 2.76. The first-order valence-electron chi connectivity index (χ1n) is 11.2. The number of carbonyl (C=O) groups excluding carboxylic acids is 2. The fourth-order valence-electron chi connectivity index (χ4n) is 4.07. The number of aryl methyl sites for hydroxylation is 3. The number of hydrogen-bond donors (Lipinski definition) is 2. The van der Waals surface area contributed by atoms with Crippen molar-refractivity contribution in [3.05, 3.63) is 89.0 Å². The van der Waals surface area contributed by atoms with Crippen LogP contribution in [0.3, 0.4) is 0 Å². The van der Waals surface area contributed by atoms with E-state index in [9.17, 15) is 9.59 Å².